The molecule has 1 aromatic heterocycles. The Hall–Kier alpha value is -3.27. The Morgan fingerprint density at radius 1 is 1.09 bits per heavy atom. The van der Waals surface area contributed by atoms with Crippen LogP contribution in [-0.2, 0) is 4.74 Å². The van der Waals surface area contributed by atoms with E-state index in [0.29, 0.717) is 36.9 Å². The fraction of sp³-hybridized carbons (Fsp3) is 0.304. The highest BCUT2D eigenvalue weighted by Gasteiger charge is 2.43. The molecule has 10 heteroatoms. The highest BCUT2D eigenvalue weighted by molar-refractivity contribution is 6.31. The predicted molar refractivity (Wildman–Crippen MR) is 121 cm³/mol. The molecule has 0 aliphatic carbocycles. The highest BCUT2D eigenvalue weighted by Crippen LogP contribution is 2.39. The third-order valence-electron chi connectivity index (χ3n) is 6.09. The number of carbonyl (C=O) groups excluding carboxylic acids is 1. The van der Waals surface area contributed by atoms with Gasteiger partial charge >= 0.3 is 0 Å². The fourth-order valence-electron chi connectivity index (χ4n) is 4.45. The van der Waals surface area contributed by atoms with E-state index in [2.05, 4.69) is 4.90 Å². The number of nitrogens with zero attached hydrogens (tertiary/aromatic N) is 3. The van der Waals surface area contributed by atoms with Crippen molar-refractivity contribution in [2.24, 2.45) is 0 Å². The number of fused-ring (bicyclic) bond motifs is 2. The quantitative estimate of drug-likeness (QED) is 0.417. The predicted octanol–water partition coefficient (Wildman–Crippen LogP) is 3.23. The lowest BCUT2D eigenvalue weighted by Crippen LogP contribution is -2.42. The monoisotopic (exact) mass is 469 g/mol. The number of non-ortho nitro benzene ring substituents is 1. The minimum Gasteiger partial charge on any atom is -0.450 e. The van der Waals surface area contributed by atoms with Crippen LogP contribution in [0.2, 0.25) is 5.02 Å². The van der Waals surface area contributed by atoms with Crippen LogP contribution in [0.15, 0.2) is 51.7 Å². The van der Waals surface area contributed by atoms with E-state index < -0.39 is 16.9 Å². The van der Waals surface area contributed by atoms with Crippen molar-refractivity contribution in [2.75, 3.05) is 39.4 Å². The molecule has 0 saturated carbocycles. The molecular formula is C23H20ClN3O6. The second kappa shape index (κ2) is 8.58. The van der Waals surface area contributed by atoms with Gasteiger partial charge in [0.15, 0.2) is 5.43 Å². The zero-order valence-corrected chi connectivity index (χ0v) is 18.3. The van der Waals surface area contributed by atoms with Crippen molar-refractivity contribution in [3.05, 3.63) is 84.7 Å². The van der Waals surface area contributed by atoms with Crippen LogP contribution in [0.1, 0.15) is 27.7 Å². The Balaban J connectivity index is 1.63. The van der Waals surface area contributed by atoms with E-state index in [-0.39, 0.29) is 33.4 Å². The van der Waals surface area contributed by atoms with E-state index in [1.807, 2.05) is 0 Å². The summed E-state index contributed by atoms with van der Waals surface area (Å²) in [6.45, 7) is 3.64. The summed E-state index contributed by atoms with van der Waals surface area (Å²) in [5, 5.41) is 12.0. The molecule has 2 aliphatic rings. The first kappa shape index (κ1) is 21.6. The highest BCUT2D eigenvalue weighted by atomic mass is 35.5. The molecule has 1 amide bonds. The third-order valence-corrected chi connectivity index (χ3v) is 6.32. The standard InChI is InChI=1S/C23H20ClN3O6/c24-15-4-5-18-17(13-15)21(28)19-20(14-2-1-3-16(12-14)27(30)31)26(23(29)22(19)33-18)7-6-25-8-10-32-11-9-25/h1-5,12-13,20H,6-11H2. The van der Waals surface area contributed by atoms with Gasteiger partial charge in [0.25, 0.3) is 11.6 Å². The Morgan fingerprint density at radius 2 is 1.88 bits per heavy atom. The first-order valence-electron chi connectivity index (χ1n) is 10.6. The zero-order valence-electron chi connectivity index (χ0n) is 17.5. The Morgan fingerprint density at radius 3 is 2.64 bits per heavy atom. The molecule has 5 rings (SSSR count). The molecule has 1 saturated heterocycles. The number of hydrogen-bond acceptors (Lipinski definition) is 7. The summed E-state index contributed by atoms with van der Waals surface area (Å²) >= 11 is 6.10. The Kier molecular flexibility index (Phi) is 5.61. The van der Waals surface area contributed by atoms with Crippen LogP contribution in [0, 0.1) is 10.1 Å². The number of hydrogen-bond donors (Lipinski definition) is 0. The average molecular weight is 470 g/mol. The minimum atomic E-state index is -0.798. The van der Waals surface area contributed by atoms with Crippen LogP contribution < -0.4 is 5.43 Å². The molecule has 2 aromatic carbocycles. The molecule has 1 fully saturated rings. The number of ether oxygens (including phenoxy) is 1. The van der Waals surface area contributed by atoms with E-state index in [1.54, 1.807) is 29.2 Å². The number of halogens is 1. The molecular weight excluding hydrogens is 450 g/mol. The van der Waals surface area contributed by atoms with Crippen molar-refractivity contribution in [3.63, 3.8) is 0 Å². The molecule has 0 bridgehead atoms. The minimum absolute atomic E-state index is 0.0340. The van der Waals surface area contributed by atoms with E-state index in [9.17, 15) is 19.7 Å². The maximum atomic E-state index is 13.5. The molecule has 9 nitrogen and oxygen atoms in total. The van der Waals surface area contributed by atoms with Crippen LogP contribution >= 0.6 is 11.6 Å². The largest absolute Gasteiger partial charge is 0.450 e. The van der Waals surface area contributed by atoms with Gasteiger partial charge in [-0.25, -0.2) is 0 Å². The zero-order chi connectivity index (χ0) is 23.1. The van der Waals surface area contributed by atoms with Gasteiger partial charge in [0, 0.05) is 43.3 Å². The van der Waals surface area contributed by atoms with Gasteiger partial charge in [-0.2, -0.15) is 0 Å². The van der Waals surface area contributed by atoms with Gasteiger partial charge < -0.3 is 14.1 Å². The van der Waals surface area contributed by atoms with Crippen LogP contribution in [0.5, 0.6) is 0 Å². The lowest BCUT2D eigenvalue weighted by Gasteiger charge is -2.31. The molecule has 0 radical (unpaired) electrons. The summed E-state index contributed by atoms with van der Waals surface area (Å²) in [5.74, 6) is -0.447. The van der Waals surface area contributed by atoms with Gasteiger partial charge in [0.05, 0.1) is 35.1 Å². The number of benzene rings is 2. The number of amides is 1. The van der Waals surface area contributed by atoms with Gasteiger partial charge in [-0.3, -0.25) is 24.6 Å². The topological polar surface area (TPSA) is 106 Å². The number of morpholine rings is 1. The smallest absolute Gasteiger partial charge is 0.290 e. The van der Waals surface area contributed by atoms with Gasteiger partial charge in [-0.05, 0) is 23.8 Å². The molecule has 0 N–H and O–H groups in total. The van der Waals surface area contributed by atoms with Gasteiger partial charge in [0.2, 0.25) is 5.76 Å². The first-order valence-corrected chi connectivity index (χ1v) is 10.9. The summed E-state index contributed by atoms with van der Waals surface area (Å²) in [4.78, 5) is 41.6. The third kappa shape index (κ3) is 3.88. The van der Waals surface area contributed by atoms with Crippen molar-refractivity contribution in [3.8, 4) is 0 Å². The summed E-state index contributed by atoms with van der Waals surface area (Å²) in [7, 11) is 0. The number of nitro benzene ring substituents is 1. The molecule has 3 aromatic rings. The molecule has 3 heterocycles. The van der Waals surface area contributed by atoms with Crippen molar-refractivity contribution in [1.82, 2.24) is 9.80 Å². The SMILES string of the molecule is O=C1c2oc3ccc(Cl)cc3c(=O)c2C(c2cccc([N+](=O)[O-])c2)N1CCN1CCOCC1. The molecule has 170 valence electrons. The van der Waals surface area contributed by atoms with Gasteiger partial charge in [-0.15, -0.1) is 0 Å². The van der Waals surface area contributed by atoms with E-state index in [1.165, 1.54) is 18.2 Å². The van der Waals surface area contributed by atoms with Crippen molar-refractivity contribution >= 4 is 34.2 Å². The molecule has 0 spiro atoms. The maximum absolute atomic E-state index is 13.5. The average Bonchev–Trinajstić information content (AvgIpc) is 3.11. The molecule has 33 heavy (non-hydrogen) atoms. The summed E-state index contributed by atoms with van der Waals surface area (Å²) < 4.78 is 11.3. The van der Waals surface area contributed by atoms with Crippen molar-refractivity contribution < 1.29 is 18.9 Å². The van der Waals surface area contributed by atoms with Crippen molar-refractivity contribution in [1.29, 1.82) is 0 Å². The van der Waals surface area contributed by atoms with Gasteiger partial charge in [-0.1, -0.05) is 23.7 Å². The Labute approximate surface area is 193 Å². The second-order valence-corrected chi connectivity index (χ2v) is 8.46. The summed E-state index contributed by atoms with van der Waals surface area (Å²) in [6, 6.07) is 9.87. The van der Waals surface area contributed by atoms with Gasteiger partial charge in [0.1, 0.15) is 5.58 Å². The van der Waals surface area contributed by atoms with Crippen LogP contribution in [-0.4, -0.2) is 60.0 Å². The summed E-state index contributed by atoms with van der Waals surface area (Å²) in [6.07, 6.45) is 0. The van der Waals surface area contributed by atoms with Crippen LogP contribution in [0.4, 0.5) is 5.69 Å². The number of nitro groups is 1. The fourth-order valence-corrected chi connectivity index (χ4v) is 4.62. The Bertz CT molecular complexity index is 1320. The van der Waals surface area contributed by atoms with Crippen LogP contribution in [0.25, 0.3) is 11.0 Å². The maximum Gasteiger partial charge on any atom is 0.290 e. The normalized spacial score (nSPS) is 18.6. The van der Waals surface area contributed by atoms with Crippen LogP contribution in [0.3, 0.4) is 0 Å². The first-order chi connectivity index (χ1) is 15.9. The summed E-state index contributed by atoms with van der Waals surface area (Å²) in [5.41, 5.74) is 0.441. The van der Waals surface area contributed by atoms with E-state index in [4.69, 9.17) is 20.8 Å². The molecule has 1 unspecified atom stereocenters. The number of rotatable bonds is 5. The van der Waals surface area contributed by atoms with E-state index >= 15 is 0 Å². The molecule has 2 aliphatic heterocycles. The number of carbonyl (C=O) groups is 1. The van der Waals surface area contributed by atoms with E-state index in [0.717, 1.165) is 13.1 Å². The second-order valence-electron chi connectivity index (χ2n) is 8.02. The van der Waals surface area contributed by atoms with Crippen molar-refractivity contribution in [2.45, 2.75) is 6.04 Å². The lowest BCUT2D eigenvalue weighted by molar-refractivity contribution is -0.384. The molecule has 1 atom stereocenters. The lowest BCUT2D eigenvalue weighted by atomic mass is 9.98.